The SMILES string of the molecule is CN(c1ccccc1)S(=O)(=O)c1cccc(C(=O)NCc2cccc(C(F)(F)F)c2)c1. The fraction of sp³-hybridized carbons (Fsp3) is 0.136. The lowest BCUT2D eigenvalue weighted by molar-refractivity contribution is -0.137. The highest BCUT2D eigenvalue weighted by Gasteiger charge is 2.30. The number of nitrogens with one attached hydrogen (secondary N) is 1. The van der Waals surface area contributed by atoms with Crippen LogP contribution in [0.5, 0.6) is 0 Å². The van der Waals surface area contributed by atoms with Crippen LogP contribution in [0.3, 0.4) is 0 Å². The first-order valence-corrected chi connectivity index (χ1v) is 10.6. The Morgan fingerprint density at radius 3 is 2.29 bits per heavy atom. The van der Waals surface area contributed by atoms with Crippen LogP contribution in [0.25, 0.3) is 0 Å². The van der Waals surface area contributed by atoms with Crippen molar-refractivity contribution in [2.45, 2.75) is 17.6 Å². The van der Waals surface area contributed by atoms with E-state index in [1.807, 2.05) is 0 Å². The molecule has 0 heterocycles. The molecule has 9 heteroatoms. The molecule has 3 aromatic rings. The second kappa shape index (κ2) is 8.81. The zero-order valence-electron chi connectivity index (χ0n) is 16.4. The van der Waals surface area contributed by atoms with E-state index >= 15 is 0 Å². The third-order valence-electron chi connectivity index (χ3n) is 4.58. The molecule has 5 nitrogen and oxygen atoms in total. The van der Waals surface area contributed by atoms with Crippen LogP contribution >= 0.6 is 0 Å². The molecule has 0 aliphatic heterocycles. The number of alkyl halides is 3. The number of carbonyl (C=O) groups excluding carboxylic acids is 1. The van der Waals surface area contributed by atoms with Crippen molar-refractivity contribution in [2.75, 3.05) is 11.4 Å². The summed E-state index contributed by atoms with van der Waals surface area (Å²) in [5.74, 6) is -0.600. The highest BCUT2D eigenvalue weighted by Crippen LogP contribution is 2.29. The monoisotopic (exact) mass is 448 g/mol. The molecule has 0 saturated heterocycles. The number of carbonyl (C=O) groups is 1. The average Bonchev–Trinajstić information content (AvgIpc) is 2.77. The van der Waals surface area contributed by atoms with E-state index in [0.717, 1.165) is 16.4 Å². The minimum absolute atomic E-state index is 0.0782. The van der Waals surface area contributed by atoms with Crippen LogP contribution in [0.2, 0.25) is 0 Å². The summed E-state index contributed by atoms with van der Waals surface area (Å²) in [6.07, 6.45) is -4.48. The predicted molar refractivity (Wildman–Crippen MR) is 111 cm³/mol. The third kappa shape index (κ3) is 5.24. The molecule has 0 spiro atoms. The summed E-state index contributed by atoms with van der Waals surface area (Å²) >= 11 is 0. The highest BCUT2D eigenvalue weighted by molar-refractivity contribution is 7.92. The van der Waals surface area contributed by atoms with Crippen molar-refractivity contribution in [3.63, 3.8) is 0 Å². The lowest BCUT2D eigenvalue weighted by Crippen LogP contribution is -2.27. The van der Waals surface area contributed by atoms with Gasteiger partial charge in [0.25, 0.3) is 15.9 Å². The van der Waals surface area contributed by atoms with E-state index in [9.17, 15) is 26.4 Å². The van der Waals surface area contributed by atoms with Crippen LogP contribution in [0.1, 0.15) is 21.5 Å². The van der Waals surface area contributed by atoms with E-state index in [4.69, 9.17) is 0 Å². The molecule has 0 saturated carbocycles. The van der Waals surface area contributed by atoms with Crippen molar-refractivity contribution >= 4 is 21.6 Å². The summed E-state index contributed by atoms with van der Waals surface area (Å²) in [7, 11) is -2.50. The van der Waals surface area contributed by atoms with Gasteiger partial charge in [0.15, 0.2) is 0 Å². The minimum Gasteiger partial charge on any atom is -0.348 e. The van der Waals surface area contributed by atoms with Crippen LogP contribution in [0.4, 0.5) is 18.9 Å². The van der Waals surface area contributed by atoms with Gasteiger partial charge < -0.3 is 5.32 Å². The minimum atomic E-state index is -4.48. The van der Waals surface area contributed by atoms with Gasteiger partial charge in [-0.3, -0.25) is 9.10 Å². The molecular weight excluding hydrogens is 429 g/mol. The van der Waals surface area contributed by atoms with Crippen LogP contribution in [-0.2, 0) is 22.7 Å². The molecule has 1 N–H and O–H groups in total. The Morgan fingerprint density at radius 1 is 0.935 bits per heavy atom. The number of anilines is 1. The molecule has 0 atom stereocenters. The van der Waals surface area contributed by atoms with E-state index in [2.05, 4.69) is 5.32 Å². The fourth-order valence-electron chi connectivity index (χ4n) is 2.87. The number of benzene rings is 3. The number of para-hydroxylation sites is 1. The largest absolute Gasteiger partial charge is 0.416 e. The van der Waals surface area contributed by atoms with Gasteiger partial charge in [0, 0.05) is 19.2 Å². The van der Waals surface area contributed by atoms with Crippen LogP contribution in [-0.4, -0.2) is 21.4 Å². The van der Waals surface area contributed by atoms with Crippen LogP contribution in [0, 0.1) is 0 Å². The third-order valence-corrected chi connectivity index (χ3v) is 6.36. The van der Waals surface area contributed by atoms with Crippen LogP contribution < -0.4 is 9.62 Å². The average molecular weight is 448 g/mol. The quantitative estimate of drug-likeness (QED) is 0.606. The molecule has 0 radical (unpaired) electrons. The smallest absolute Gasteiger partial charge is 0.348 e. The summed E-state index contributed by atoms with van der Waals surface area (Å²) in [6.45, 7) is -0.135. The number of amides is 1. The second-order valence-corrected chi connectivity index (χ2v) is 8.69. The van der Waals surface area contributed by atoms with Crippen molar-refractivity contribution in [3.05, 3.63) is 95.6 Å². The summed E-state index contributed by atoms with van der Waals surface area (Å²) in [5, 5.41) is 2.52. The lowest BCUT2D eigenvalue weighted by atomic mass is 10.1. The topological polar surface area (TPSA) is 66.5 Å². The Hall–Kier alpha value is -3.33. The molecule has 0 fully saturated rings. The van der Waals surface area contributed by atoms with E-state index in [-0.39, 0.29) is 22.6 Å². The molecule has 0 unspecified atom stereocenters. The molecule has 3 rings (SSSR count). The highest BCUT2D eigenvalue weighted by atomic mass is 32.2. The first-order valence-electron chi connectivity index (χ1n) is 9.17. The Kier molecular flexibility index (Phi) is 6.35. The van der Waals surface area contributed by atoms with Gasteiger partial charge in [-0.05, 0) is 48.0 Å². The number of hydrogen-bond acceptors (Lipinski definition) is 3. The predicted octanol–water partition coefficient (Wildman–Crippen LogP) is 4.46. The van der Waals surface area contributed by atoms with Crippen molar-refractivity contribution in [2.24, 2.45) is 0 Å². The van der Waals surface area contributed by atoms with Crippen molar-refractivity contribution < 1.29 is 26.4 Å². The summed E-state index contributed by atoms with van der Waals surface area (Å²) in [4.78, 5) is 12.4. The molecule has 31 heavy (non-hydrogen) atoms. The molecule has 162 valence electrons. The Labute approximate surface area is 178 Å². The normalized spacial score (nSPS) is 11.7. The molecule has 0 aromatic heterocycles. The molecule has 0 aliphatic rings. The van der Waals surface area contributed by atoms with Gasteiger partial charge in [-0.2, -0.15) is 13.2 Å². The summed E-state index contributed by atoms with van der Waals surface area (Å²) in [5.41, 5.74) is 0.00321. The summed E-state index contributed by atoms with van der Waals surface area (Å²) < 4.78 is 65.4. The maximum absolute atomic E-state index is 12.9. The van der Waals surface area contributed by atoms with Crippen molar-refractivity contribution in [3.8, 4) is 0 Å². The molecule has 0 aliphatic carbocycles. The molecule has 1 amide bonds. The van der Waals surface area contributed by atoms with Crippen molar-refractivity contribution in [1.82, 2.24) is 5.32 Å². The van der Waals surface area contributed by atoms with Gasteiger partial charge in [-0.1, -0.05) is 36.4 Å². The van der Waals surface area contributed by atoms with Gasteiger partial charge in [-0.25, -0.2) is 8.42 Å². The number of nitrogens with zero attached hydrogens (tertiary/aromatic N) is 1. The van der Waals surface area contributed by atoms with Crippen LogP contribution in [0.15, 0.2) is 83.8 Å². The van der Waals surface area contributed by atoms with Gasteiger partial charge >= 0.3 is 6.18 Å². The Balaban J connectivity index is 1.76. The molecule has 0 bridgehead atoms. The van der Waals surface area contributed by atoms with Crippen molar-refractivity contribution in [1.29, 1.82) is 0 Å². The van der Waals surface area contributed by atoms with E-state index in [0.29, 0.717) is 5.69 Å². The molecule has 3 aromatic carbocycles. The number of rotatable bonds is 6. The zero-order valence-corrected chi connectivity index (χ0v) is 17.2. The fourth-order valence-corrected chi connectivity index (χ4v) is 4.12. The standard InChI is InChI=1S/C22H19F3N2O3S/c1-27(19-10-3-2-4-11-19)31(29,30)20-12-6-8-17(14-20)21(28)26-15-16-7-5-9-18(13-16)22(23,24)25/h2-14H,15H2,1H3,(H,26,28). The van der Waals surface area contributed by atoms with E-state index in [1.54, 1.807) is 30.3 Å². The van der Waals surface area contributed by atoms with Gasteiger partial charge in [0.05, 0.1) is 16.1 Å². The van der Waals surface area contributed by atoms with Gasteiger partial charge in [-0.15, -0.1) is 0 Å². The number of hydrogen-bond donors (Lipinski definition) is 1. The lowest BCUT2D eigenvalue weighted by Gasteiger charge is -2.19. The van der Waals surface area contributed by atoms with E-state index < -0.39 is 27.7 Å². The second-order valence-electron chi connectivity index (χ2n) is 6.72. The first kappa shape index (κ1) is 22.4. The Morgan fingerprint density at radius 2 is 1.61 bits per heavy atom. The summed E-state index contributed by atoms with van der Waals surface area (Å²) in [6, 6.07) is 18.6. The Bertz CT molecular complexity index is 1180. The first-order chi connectivity index (χ1) is 14.6. The molecular formula is C22H19F3N2O3S. The maximum atomic E-state index is 12.9. The number of sulfonamides is 1. The van der Waals surface area contributed by atoms with E-state index in [1.165, 1.54) is 43.4 Å². The zero-order chi connectivity index (χ0) is 22.6. The van der Waals surface area contributed by atoms with Gasteiger partial charge in [0.1, 0.15) is 0 Å². The maximum Gasteiger partial charge on any atom is 0.416 e. The number of halogens is 3. The van der Waals surface area contributed by atoms with Gasteiger partial charge in [0.2, 0.25) is 0 Å².